The summed E-state index contributed by atoms with van der Waals surface area (Å²) < 4.78 is 5.99. The lowest BCUT2D eigenvalue weighted by atomic mass is 10.1. The summed E-state index contributed by atoms with van der Waals surface area (Å²) in [6, 6.07) is 14.5. The fourth-order valence-corrected chi connectivity index (χ4v) is 1.92. The largest absolute Gasteiger partial charge is 0.490 e. The van der Waals surface area contributed by atoms with Crippen LogP contribution in [-0.4, -0.2) is 19.7 Å². The highest BCUT2D eigenvalue weighted by Crippen LogP contribution is 2.26. The molecule has 1 unspecified atom stereocenters. The van der Waals surface area contributed by atoms with Gasteiger partial charge in [-0.25, -0.2) is 0 Å². The van der Waals surface area contributed by atoms with E-state index in [2.05, 4.69) is 36.5 Å². The number of fused-ring (bicyclic) bond motifs is 1. The molecule has 2 aromatic rings. The Morgan fingerprint density at radius 2 is 1.88 bits per heavy atom. The second-order valence-electron chi connectivity index (χ2n) is 4.30. The van der Waals surface area contributed by atoms with Gasteiger partial charge in [0.2, 0.25) is 0 Å². The average molecular weight is 229 g/mol. The Kier molecular flexibility index (Phi) is 3.99. The third-order valence-electron chi connectivity index (χ3n) is 2.88. The maximum absolute atomic E-state index is 5.99. The smallest absolute Gasteiger partial charge is 0.127 e. The second-order valence-corrected chi connectivity index (χ2v) is 4.30. The summed E-state index contributed by atoms with van der Waals surface area (Å²) in [6.45, 7) is 3.09. The first kappa shape index (κ1) is 11.9. The summed E-state index contributed by atoms with van der Waals surface area (Å²) in [7, 11) is 1.96. The first-order chi connectivity index (χ1) is 8.31. The number of ether oxygens (including phenoxy) is 1. The molecule has 0 aliphatic rings. The van der Waals surface area contributed by atoms with Crippen molar-refractivity contribution in [2.45, 2.75) is 19.4 Å². The predicted octanol–water partition coefficient (Wildman–Crippen LogP) is 3.22. The fraction of sp³-hybridized carbons (Fsp3) is 0.333. The number of rotatable bonds is 5. The van der Waals surface area contributed by atoms with Crippen molar-refractivity contribution >= 4 is 10.8 Å². The van der Waals surface area contributed by atoms with Gasteiger partial charge in [-0.2, -0.15) is 0 Å². The molecule has 90 valence electrons. The second kappa shape index (κ2) is 5.69. The van der Waals surface area contributed by atoms with Crippen LogP contribution >= 0.6 is 0 Å². The Balaban J connectivity index is 2.18. The fourth-order valence-electron chi connectivity index (χ4n) is 1.92. The van der Waals surface area contributed by atoms with Gasteiger partial charge in [-0.05, 0) is 38.4 Å². The van der Waals surface area contributed by atoms with Crippen LogP contribution in [0.25, 0.3) is 10.8 Å². The van der Waals surface area contributed by atoms with Gasteiger partial charge in [-0.1, -0.05) is 36.4 Å². The van der Waals surface area contributed by atoms with Crippen LogP contribution < -0.4 is 10.1 Å². The lowest BCUT2D eigenvalue weighted by Gasteiger charge is -2.16. The van der Waals surface area contributed by atoms with Crippen LogP contribution in [0, 0.1) is 0 Å². The van der Waals surface area contributed by atoms with Crippen molar-refractivity contribution in [3.05, 3.63) is 42.5 Å². The maximum Gasteiger partial charge on any atom is 0.127 e. The predicted molar refractivity (Wildman–Crippen MR) is 72.6 cm³/mol. The van der Waals surface area contributed by atoms with Gasteiger partial charge in [-0.15, -0.1) is 0 Å². The van der Waals surface area contributed by atoms with Gasteiger partial charge in [0.05, 0.1) is 6.10 Å². The minimum atomic E-state index is 0.230. The minimum Gasteiger partial charge on any atom is -0.490 e. The molecule has 0 aromatic heterocycles. The van der Waals surface area contributed by atoms with E-state index in [1.54, 1.807) is 0 Å². The van der Waals surface area contributed by atoms with Gasteiger partial charge in [0.25, 0.3) is 0 Å². The molecule has 0 spiro atoms. The summed E-state index contributed by atoms with van der Waals surface area (Å²) in [5.41, 5.74) is 0. The Morgan fingerprint density at radius 1 is 1.12 bits per heavy atom. The molecular formula is C15H19NO. The first-order valence-electron chi connectivity index (χ1n) is 6.10. The van der Waals surface area contributed by atoms with Crippen LogP contribution in [0.1, 0.15) is 13.3 Å². The Hall–Kier alpha value is -1.54. The highest BCUT2D eigenvalue weighted by atomic mass is 16.5. The Bertz CT molecular complexity index is 476. The third kappa shape index (κ3) is 2.98. The molecule has 17 heavy (non-hydrogen) atoms. The van der Waals surface area contributed by atoms with Crippen molar-refractivity contribution in [3.8, 4) is 5.75 Å². The van der Waals surface area contributed by atoms with E-state index in [0.29, 0.717) is 0 Å². The van der Waals surface area contributed by atoms with Crippen molar-refractivity contribution in [1.82, 2.24) is 5.32 Å². The molecule has 2 heteroatoms. The maximum atomic E-state index is 5.99. The monoisotopic (exact) mass is 229 g/mol. The summed E-state index contributed by atoms with van der Waals surface area (Å²) in [6.07, 6.45) is 1.24. The molecule has 0 aliphatic heterocycles. The Labute approximate surface area is 103 Å². The van der Waals surface area contributed by atoms with E-state index in [4.69, 9.17) is 4.74 Å². The van der Waals surface area contributed by atoms with E-state index in [9.17, 15) is 0 Å². The zero-order valence-corrected chi connectivity index (χ0v) is 10.4. The Morgan fingerprint density at radius 3 is 2.71 bits per heavy atom. The molecule has 2 nitrogen and oxygen atoms in total. The highest BCUT2D eigenvalue weighted by molar-refractivity contribution is 5.88. The van der Waals surface area contributed by atoms with Crippen LogP contribution in [0.15, 0.2) is 42.5 Å². The van der Waals surface area contributed by atoms with E-state index in [1.165, 1.54) is 10.8 Å². The molecule has 2 rings (SSSR count). The first-order valence-corrected chi connectivity index (χ1v) is 6.10. The topological polar surface area (TPSA) is 21.3 Å². The molecule has 0 aliphatic carbocycles. The molecule has 1 atom stereocenters. The lowest BCUT2D eigenvalue weighted by Crippen LogP contribution is -2.19. The minimum absolute atomic E-state index is 0.230. The SMILES string of the molecule is CNCCC(C)Oc1cccc2ccccc12. The van der Waals surface area contributed by atoms with E-state index < -0.39 is 0 Å². The van der Waals surface area contributed by atoms with Crippen LogP contribution in [0.3, 0.4) is 0 Å². The number of hydrogen-bond acceptors (Lipinski definition) is 2. The van der Waals surface area contributed by atoms with Gasteiger partial charge in [0.1, 0.15) is 5.75 Å². The molecule has 0 fully saturated rings. The van der Waals surface area contributed by atoms with Crippen molar-refractivity contribution in [3.63, 3.8) is 0 Å². The van der Waals surface area contributed by atoms with Crippen LogP contribution in [0.4, 0.5) is 0 Å². The summed E-state index contributed by atoms with van der Waals surface area (Å²) in [5.74, 6) is 0.978. The van der Waals surface area contributed by atoms with Gasteiger partial charge in [0.15, 0.2) is 0 Å². The zero-order chi connectivity index (χ0) is 12.1. The van der Waals surface area contributed by atoms with Crippen molar-refractivity contribution in [2.75, 3.05) is 13.6 Å². The standard InChI is InChI=1S/C15H19NO/c1-12(10-11-16-2)17-15-9-5-7-13-6-3-4-8-14(13)15/h3-9,12,16H,10-11H2,1-2H3. The molecule has 0 bridgehead atoms. The highest BCUT2D eigenvalue weighted by Gasteiger charge is 2.06. The number of benzene rings is 2. The lowest BCUT2D eigenvalue weighted by molar-refractivity contribution is 0.213. The summed E-state index contributed by atoms with van der Waals surface area (Å²) in [4.78, 5) is 0. The van der Waals surface area contributed by atoms with Gasteiger partial charge >= 0.3 is 0 Å². The third-order valence-corrected chi connectivity index (χ3v) is 2.88. The molecule has 0 heterocycles. The molecule has 1 N–H and O–H groups in total. The quantitative estimate of drug-likeness (QED) is 0.850. The van der Waals surface area contributed by atoms with Gasteiger partial charge in [-0.3, -0.25) is 0 Å². The average Bonchev–Trinajstić information content (AvgIpc) is 2.37. The van der Waals surface area contributed by atoms with Crippen LogP contribution in [-0.2, 0) is 0 Å². The zero-order valence-electron chi connectivity index (χ0n) is 10.4. The van der Waals surface area contributed by atoms with E-state index in [1.807, 2.05) is 25.2 Å². The van der Waals surface area contributed by atoms with Crippen molar-refractivity contribution < 1.29 is 4.74 Å². The van der Waals surface area contributed by atoms with Crippen molar-refractivity contribution in [2.24, 2.45) is 0 Å². The summed E-state index contributed by atoms with van der Waals surface area (Å²) >= 11 is 0. The molecule has 0 amide bonds. The summed E-state index contributed by atoms with van der Waals surface area (Å²) in [5, 5.41) is 5.56. The molecular weight excluding hydrogens is 210 g/mol. The molecule has 2 aromatic carbocycles. The molecule has 0 radical (unpaired) electrons. The van der Waals surface area contributed by atoms with Gasteiger partial charge in [0, 0.05) is 5.39 Å². The van der Waals surface area contributed by atoms with Crippen LogP contribution in [0.5, 0.6) is 5.75 Å². The van der Waals surface area contributed by atoms with E-state index >= 15 is 0 Å². The number of nitrogens with one attached hydrogen (secondary N) is 1. The van der Waals surface area contributed by atoms with Crippen molar-refractivity contribution in [1.29, 1.82) is 0 Å². The van der Waals surface area contributed by atoms with Crippen LogP contribution in [0.2, 0.25) is 0 Å². The molecule has 0 saturated carbocycles. The molecule has 0 saturated heterocycles. The normalized spacial score (nSPS) is 12.6. The van der Waals surface area contributed by atoms with E-state index in [-0.39, 0.29) is 6.10 Å². The van der Waals surface area contributed by atoms with E-state index in [0.717, 1.165) is 18.7 Å². The number of hydrogen-bond donors (Lipinski definition) is 1. The van der Waals surface area contributed by atoms with Gasteiger partial charge < -0.3 is 10.1 Å².